The van der Waals surface area contributed by atoms with Crippen molar-refractivity contribution in [3.63, 3.8) is 0 Å². The van der Waals surface area contributed by atoms with E-state index in [4.69, 9.17) is 5.11 Å². The molecule has 0 bridgehead atoms. The molecule has 1 aromatic rings. The number of carbonyl (C=O) groups is 2. The van der Waals surface area contributed by atoms with Crippen LogP contribution in [-0.2, 0) is 4.79 Å². The zero-order valence-corrected chi connectivity index (χ0v) is 12.6. The highest BCUT2D eigenvalue weighted by Crippen LogP contribution is 2.27. The topological polar surface area (TPSA) is 66.4 Å². The quantitative estimate of drug-likeness (QED) is 0.862. The predicted octanol–water partition coefficient (Wildman–Crippen LogP) is 3.85. The van der Waals surface area contributed by atoms with Crippen molar-refractivity contribution in [1.29, 1.82) is 0 Å². The van der Waals surface area contributed by atoms with Crippen LogP contribution in [0.5, 0.6) is 0 Å². The summed E-state index contributed by atoms with van der Waals surface area (Å²) in [6.07, 6.45) is 1.43. The predicted molar refractivity (Wildman–Crippen MR) is 77.8 cm³/mol. The van der Waals surface area contributed by atoms with Crippen LogP contribution in [0.2, 0.25) is 0 Å². The summed E-state index contributed by atoms with van der Waals surface area (Å²) < 4.78 is 0. The number of carbonyl (C=O) groups excluding carboxylic acids is 1. The van der Waals surface area contributed by atoms with E-state index < -0.39 is 5.97 Å². The van der Waals surface area contributed by atoms with E-state index in [1.807, 2.05) is 0 Å². The lowest BCUT2D eigenvalue weighted by Gasteiger charge is -2.22. The third-order valence-electron chi connectivity index (χ3n) is 2.57. The molecular weight excluding hydrogens is 262 g/mol. The van der Waals surface area contributed by atoms with Gasteiger partial charge in [-0.05, 0) is 29.9 Å². The van der Waals surface area contributed by atoms with Crippen molar-refractivity contribution in [1.82, 2.24) is 0 Å². The monoisotopic (exact) mass is 283 g/mol. The second kappa shape index (κ2) is 6.19. The molecule has 1 aromatic heterocycles. The number of amides is 1. The summed E-state index contributed by atoms with van der Waals surface area (Å²) in [4.78, 5) is 22.8. The minimum Gasteiger partial charge on any atom is -0.477 e. The maximum absolute atomic E-state index is 11.8. The number of hydrogen-bond acceptors (Lipinski definition) is 3. The summed E-state index contributed by atoms with van der Waals surface area (Å²) >= 11 is 1.08. The van der Waals surface area contributed by atoms with Crippen LogP contribution in [0.15, 0.2) is 12.1 Å². The second-order valence-corrected chi connectivity index (χ2v) is 7.18. The first-order valence-corrected chi connectivity index (χ1v) is 7.12. The van der Waals surface area contributed by atoms with Crippen molar-refractivity contribution in [2.24, 2.45) is 11.3 Å². The molecule has 0 fully saturated rings. The number of carboxylic acids is 1. The van der Waals surface area contributed by atoms with Gasteiger partial charge in [0.2, 0.25) is 5.91 Å². The summed E-state index contributed by atoms with van der Waals surface area (Å²) in [6.45, 7) is 8.52. The lowest BCUT2D eigenvalue weighted by molar-refractivity contribution is -0.117. The molecule has 1 atom stereocenters. The molecule has 1 amide bonds. The van der Waals surface area contributed by atoms with Crippen LogP contribution in [-0.4, -0.2) is 17.0 Å². The molecule has 1 heterocycles. The highest BCUT2D eigenvalue weighted by molar-refractivity contribution is 7.18. The van der Waals surface area contributed by atoms with E-state index in [1.54, 1.807) is 6.07 Å². The van der Waals surface area contributed by atoms with E-state index in [9.17, 15) is 9.59 Å². The van der Waals surface area contributed by atoms with E-state index in [2.05, 4.69) is 33.0 Å². The normalized spacial score (nSPS) is 13.1. The molecule has 19 heavy (non-hydrogen) atoms. The third-order valence-corrected chi connectivity index (χ3v) is 3.56. The van der Waals surface area contributed by atoms with Gasteiger partial charge in [-0.25, -0.2) is 4.79 Å². The highest BCUT2D eigenvalue weighted by Gasteiger charge is 2.18. The zero-order valence-electron chi connectivity index (χ0n) is 11.8. The smallest absolute Gasteiger partial charge is 0.345 e. The Bertz CT molecular complexity index is 460. The molecule has 0 aromatic carbocycles. The molecule has 0 aliphatic heterocycles. The molecule has 0 radical (unpaired) electrons. The number of thiophene rings is 1. The first-order chi connectivity index (χ1) is 8.67. The zero-order chi connectivity index (χ0) is 14.6. The fraction of sp³-hybridized carbons (Fsp3) is 0.571. The average Bonchev–Trinajstić information content (AvgIpc) is 2.62. The molecule has 0 spiro atoms. The van der Waals surface area contributed by atoms with E-state index >= 15 is 0 Å². The van der Waals surface area contributed by atoms with Gasteiger partial charge < -0.3 is 10.4 Å². The first kappa shape index (κ1) is 15.7. The Labute approximate surface area is 117 Å². The molecule has 2 N–H and O–H groups in total. The Morgan fingerprint density at radius 3 is 2.47 bits per heavy atom. The Balaban J connectivity index is 2.48. The van der Waals surface area contributed by atoms with E-state index in [0.29, 0.717) is 17.3 Å². The van der Waals surface area contributed by atoms with Crippen LogP contribution in [0.1, 0.15) is 50.2 Å². The van der Waals surface area contributed by atoms with Crippen molar-refractivity contribution in [3.05, 3.63) is 17.0 Å². The molecule has 5 heteroatoms. The number of anilines is 1. The summed E-state index contributed by atoms with van der Waals surface area (Å²) in [5.41, 5.74) is 0.207. The van der Waals surface area contributed by atoms with E-state index in [1.165, 1.54) is 6.07 Å². The third kappa shape index (κ3) is 5.87. The lowest BCUT2D eigenvalue weighted by Crippen LogP contribution is -2.18. The molecule has 106 valence electrons. The van der Waals surface area contributed by atoms with Crippen molar-refractivity contribution >= 4 is 28.2 Å². The maximum atomic E-state index is 11.8. The van der Waals surface area contributed by atoms with Gasteiger partial charge in [-0.2, -0.15) is 0 Å². The standard InChI is InChI=1S/C14H21NO3S/c1-9(8-14(2,3)4)7-11(16)15-12-6-5-10(19-12)13(17)18/h5-6,9H,7-8H2,1-4H3,(H,15,16)(H,17,18). The second-order valence-electron chi connectivity index (χ2n) is 6.09. The largest absolute Gasteiger partial charge is 0.477 e. The Morgan fingerprint density at radius 1 is 1.37 bits per heavy atom. The minimum absolute atomic E-state index is 0.0597. The van der Waals surface area contributed by atoms with Crippen molar-refractivity contribution in [2.75, 3.05) is 5.32 Å². The van der Waals surface area contributed by atoms with Gasteiger partial charge in [0.25, 0.3) is 0 Å². The number of rotatable bonds is 5. The molecule has 0 saturated heterocycles. The summed E-state index contributed by atoms with van der Waals surface area (Å²) in [7, 11) is 0. The SMILES string of the molecule is CC(CC(=O)Nc1ccc(C(=O)O)s1)CC(C)(C)C. The molecule has 1 unspecified atom stereocenters. The Hall–Kier alpha value is -1.36. The van der Waals surface area contributed by atoms with Gasteiger partial charge in [-0.1, -0.05) is 27.7 Å². The van der Waals surface area contributed by atoms with Gasteiger partial charge in [0.1, 0.15) is 4.88 Å². The van der Waals surface area contributed by atoms with Gasteiger partial charge >= 0.3 is 5.97 Å². The van der Waals surface area contributed by atoms with E-state index in [0.717, 1.165) is 17.8 Å². The Kier molecular flexibility index (Phi) is 5.11. The molecule has 0 saturated carbocycles. The summed E-state index contributed by atoms with van der Waals surface area (Å²) in [5, 5.41) is 12.1. The van der Waals surface area contributed by atoms with E-state index in [-0.39, 0.29) is 16.2 Å². The van der Waals surface area contributed by atoms with Crippen LogP contribution in [0.3, 0.4) is 0 Å². The van der Waals surface area contributed by atoms with Gasteiger partial charge in [-0.3, -0.25) is 4.79 Å². The molecule has 0 aliphatic carbocycles. The minimum atomic E-state index is -0.966. The molecular formula is C14H21NO3S. The number of aromatic carboxylic acids is 1. The highest BCUT2D eigenvalue weighted by atomic mass is 32.1. The number of hydrogen-bond donors (Lipinski definition) is 2. The van der Waals surface area contributed by atoms with Crippen molar-refractivity contribution in [3.8, 4) is 0 Å². The maximum Gasteiger partial charge on any atom is 0.345 e. The fourth-order valence-electron chi connectivity index (χ4n) is 2.14. The van der Waals surface area contributed by atoms with Crippen molar-refractivity contribution in [2.45, 2.75) is 40.5 Å². The summed E-state index contributed by atoms with van der Waals surface area (Å²) in [5.74, 6) is -0.721. The summed E-state index contributed by atoms with van der Waals surface area (Å²) in [6, 6.07) is 3.13. The lowest BCUT2D eigenvalue weighted by atomic mass is 9.84. The number of nitrogens with one attached hydrogen (secondary N) is 1. The average molecular weight is 283 g/mol. The molecule has 0 aliphatic rings. The Morgan fingerprint density at radius 2 is 2.00 bits per heavy atom. The van der Waals surface area contributed by atoms with Crippen LogP contribution in [0, 0.1) is 11.3 Å². The van der Waals surface area contributed by atoms with Gasteiger partial charge in [-0.15, -0.1) is 11.3 Å². The van der Waals surface area contributed by atoms with Crippen LogP contribution in [0.4, 0.5) is 5.00 Å². The molecule has 1 rings (SSSR count). The number of carboxylic acid groups (broad SMARTS) is 1. The molecule has 4 nitrogen and oxygen atoms in total. The van der Waals surface area contributed by atoms with Gasteiger partial charge in [0.15, 0.2) is 0 Å². The van der Waals surface area contributed by atoms with Gasteiger partial charge in [0.05, 0.1) is 5.00 Å². The van der Waals surface area contributed by atoms with Crippen LogP contribution < -0.4 is 5.32 Å². The van der Waals surface area contributed by atoms with Crippen LogP contribution >= 0.6 is 11.3 Å². The van der Waals surface area contributed by atoms with Crippen molar-refractivity contribution < 1.29 is 14.7 Å². The van der Waals surface area contributed by atoms with Gasteiger partial charge in [0, 0.05) is 6.42 Å². The first-order valence-electron chi connectivity index (χ1n) is 6.30. The van der Waals surface area contributed by atoms with Crippen LogP contribution in [0.25, 0.3) is 0 Å². The fourth-order valence-corrected chi connectivity index (χ4v) is 2.90.